The maximum atomic E-state index is 14.2. The fourth-order valence-electron chi connectivity index (χ4n) is 2.66. The number of hydrogen-bond donors (Lipinski definition) is 1. The van der Waals surface area contributed by atoms with E-state index in [0.717, 1.165) is 30.8 Å². The number of nitrogens with zero attached hydrogens (tertiary/aromatic N) is 3. The molecule has 1 N–H and O–H groups in total. The lowest BCUT2D eigenvalue weighted by molar-refractivity contribution is -0.380. The third kappa shape index (κ3) is 4.63. The van der Waals surface area contributed by atoms with E-state index in [2.05, 4.69) is 10.3 Å². The molecule has 0 aliphatic carbocycles. The average molecular weight is 451 g/mol. The number of nitro groups is 1. The van der Waals surface area contributed by atoms with Gasteiger partial charge in [-0.05, 0) is 42.4 Å². The minimum Gasteiger partial charge on any atom is -0.298 e. The van der Waals surface area contributed by atoms with Crippen molar-refractivity contribution in [3.8, 4) is 0 Å². The Kier molecular flexibility index (Phi) is 7.04. The average Bonchev–Trinajstić information content (AvgIpc) is 3.11. The maximum Gasteiger partial charge on any atom is 0.345 e. The van der Waals surface area contributed by atoms with Crippen LogP contribution in [0.3, 0.4) is 0 Å². The van der Waals surface area contributed by atoms with E-state index in [4.69, 9.17) is 0 Å². The Balaban J connectivity index is 0.00000280. The number of sulfonamides is 1. The zero-order valence-electron chi connectivity index (χ0n) is 14.3. The molecule has 2 heterocycles. The van der Waals surface area contributed by atoms with Crippen LogP contribution in [0.15, 0.2) is 29.3 Å². The molecule has 1 aromatic heterocycles. The summed E-state index contributed by atoms with van der Waals surface area (Å²) in [4.78, 5) is 25.5. The lowest BCUT2D eigenvalue weighted by atomic mass is 10.2. The first-order chi connectivity index (χ1) is 12.8. The molecule has 9 nitrogen and oxygen atoms in total. The van der Waals surface area contributed by atoms with E-state index in [0.29, 0.717) is 37.3 Å². The molecule has 0 spiro atoms. The third-order valence-corrected chi connectivity index (χ3v) is 6.80. The van der Waals surface area contributed by atoms with Gasteiger partial charge in [-0.3, -0.25) is 20.2 Å². The highest BCUT2D eigenvalue weighted by molar-refractivity contribution is 7.89. The van der Waals surface area contributed by atoms with E-state index >= 15 is 0 Å². The van der Waals surface area contributed by atoms with Gasteiger partial charge in [0.1, 0.15) is 16.9 Å². The van der Waals surface area contributed by atoms with Gasteiger partial charge in [-0.2, -0.15) is 4.31 Å². The molecule has 1 aliphatic rings. The Hall–Kier alpha value is -2.15. The van der Waals surface area contributed by atoms with Crippen LogP contribution in [0.5, 0.6) is 0 Å². The number of benzene rings is 1. The largest absolute Gasteiger partial charge is 0.345 e. The van der Waals surface area contributed by atoms with Gasteiger partial charge in [-0.15, -0.1) is 12.4 Å². The summed E-state index contributed by atoms with van der Waals surface area (Å²) < 4.78 is 40.8. The van der Waals surface area contributed by atoms with Crippen LogP contribution >= 0.6 is 23.7 Å². The zero-order chi connectivity index (χ0) is 19.6. The Morgan fingerprint density at radius 1 is 1.29 bits per heavy atom. The van der Waals surface area contributed by atoms with Gasteiger partial charge in [0.15, 0.2) is 5.13 Å². The molecule has 0 radical (unpaired) electrons. The summed E-state index contributed by atoms with van der Waals surface area (Å²) in [6.45, 7) is 0.613. The van der Waals surface area contributed by atoms with E-state index in [1.165, 1.54) is 4.31 Å². The van der Waals surface area contributed by atoms with Crippen molar-refractivity contribution in [2.45, 2.75) is 24.2 Å². The topological polar surface area (TPSA) is 123 Å². The summed E-state index contributed by atoms with van der Waals surface area (Å²) in [5.41, 5.74) is -0.0927. The second-order valence-corrected chi connectivity index (χ2v) is 8.74. The summed E-state index contributed by atoms with van der Waals surface area (Å²) in [5, 5.41) is 12.7. The maximum absolute atomic E-state index is 14.2. The number of carbonyl (C=O) groups excluding carboxylic acids is 1. The smallest absolute Gasteiger partial charge is 0.298 e. The molecule has 0 bridgehead atoms. The third-order valence-electron chi connectivity index (χ3n) is 4.02. The van der Waals surface area contributed by atoms with Crippen LogP contribution in [0.4, 0.5) is 14.5 Å². The van der Waals surface area contributed by atoms with Crippen molar-refractivity contribution in [3.63, 3.8) is 0 Å². The Morgan fingerprint density at radius 3 is 2.57 bits per heavy atom. The highest BCUT2D eigenvalue weighted by Gasteiger charge is 2.29. The molecule has 1 aromatic carbocycles. The van der Waals surface area contributed by atoms with Gasteiger partial charge in [0, 0.05) is 18.7 Å². The number of halogens is 2. The number of amides is 1. The molecule has 0 atom stereocenters. The van der Waals surface area contributed by atoms with E-state index in [-0.39, 0.29) is 28.1 Å². The number of aromatic nitrogens is 1. The van der Waals surface area contributed by atoms with Gasteiger partial charge in [0.05, 0.1) is 4.92 Å². The predicted octanol–water partition coefficient (Wildman–Crippen LogP) is 3.04. The lowest BCUT2D eigenvalue weighted by Gasteiger charge is -2.26. The molecule has 152 valence electrons. The highest BCUT2D eigenvalue weighted by atomic mass is 35.5. The minimum atomic E-state index is -4.05. The van der Waals surface area contributed by atoms with Gasteiger partial charge in [-0.25, -0.2) is 17.8 Å². The van der Waals surface area contributed by atoms with Crippen LogP contribution in [-0.4, -0.2) is 41.6 Å². The monoisotopic (exact) mass is 450 g/mol. The molecule has 13 heteroatoms. The van der Waals surface area contributed by atoms with Crippen molar-refractivity contribution in [2.24, 2.45) is 0 Å². The minimum absolute atomic E-state index is 0. The standard InChI is InChI=1S/C15H15FN4O5S2.ClH/c16-11-5-4-10(14(21)18-15-17-9-13(26-15)20(22)23)8-12(11)27(24,25)19-6-2-1-3-7-19;/h4-5,8-9H,1-3,6-7H2,(H,17,18,21);1H. The first-order valence-corrected chi connectivity index (χ1v) is 10.3. The van der Waals surface area contributed by atoms with Gasteiger partial charge in [-0.1, -0.05) is 6.42 Å². The second kappa shape index (κ2) is 8.90. The van der Waals surface area contributed by atoms with Crippen LogP contribution < -0.4 is 5.32 Å². The molecule has 1 saturated heterocycles. The first-order valence-electron chi connectivity index (χ1n) is 8.00. The van der Waals surface area contributed by atoms with Gasteiger partial charge < -0.3 is 0 Å². The predicted molar refractivity (Wildman–Crippen MR) is 103 cm³/mol. The van der Waals surface area contributed by atoms with Gasteiger partial charge in [0.2, 0.25) is 10.0 Å². The van der Waals surface area contributed by atoms with Crippen molar-refractivity contribution in [1.29, 1.82) is 0 Å². The van der Waals surface area contributed by atoms with Gasteiger partial charge in [0.25, 0.3) is 5.91 Å². The molecule has 28 heavy (non-hydrogen) atoms. The fourth-order valence-corrected chi connectivity index (χ4v) is 4.90. The van der Waals surface area contributed by atoms with Gasteiger partial charge >= 0.3 is 5.00 Å². The summed E-state index contributed by atoms with van der Waals surface area (Å²) in [6.07, 6.45) is 3.31. The quantitative estimate of drug-likeness (QED) is 0.551. The molecular formula is C15H16ClFN4O5S2. The second-order valence-electron chi connectivity index (χ2n) is 5.82. The molecule has 1 fully saturated rings. The molecule has 3 rings (SSSR count). The van der Waals surface area contributed by atoms with E-state index in [1.54, 1.807) is 0 Å². The normalized spacial score (nSPS) is 14.9. The van der Waals surface area contributed by atoms with Crippen molar-refractivity contribution >= 4 is 49.8 Å². The molecule has 1 aliphatic heterocycles. The SMILES string of the molecule is Cl.O=C(Nc1ncc([N+](=O)[O-])s1)c1ccc(F)c(S(=O)(=O)N2CCCCC2)c1. The molecular weight excluding hydrogens is 435 g/mol. The molecule has 0 unspecified atom stereocenters. The zero-order valence-corrected chi connectivity index (χ0v) is 16.8. The van der Waals surface area contributed by atoms with Crippen molar-refractivity contribution in [2.75, 3.05) is 18.4 Å². The van der Waals surface area contributed by atoms with Crippen LogP contribution in [0.25, 0.3) is 0 Å². The van der Waals surface area contributed by atoms with E-state index in [9.17, 15) is 27.7 Å². The Bertz CT molecular complexity index is 992. The number of piperidine rings is 1. The Morgan fingerprint density at radius 2 is 1.96 bits per heavy atom. The van der Waals surface area contributed by atoms with Crippen LogP contribution in [-0.2, 0) is 10.0 Å². The first kappa shape index (κ1) is 22.1. The number of hydrogen-bond acceptors (Lipinski definition) is 7. The van der Waals surface area contributed by atoms with Crippen LogP contribution in [0.2, 0.25) is 0 Å². The van der Waals surface area contributed by atoms with Crippen LogP contribution in [0, 0.1) is 15.9 Å². The van der Waals surface area contributed by atoms with E-state index in [1.807, 2.05) is 0 Å². The summed E-state index contributed by atoms with van der Waals surface area (Å²) in [5.74, 6) is -1.68. The summed E-state index contributed by atoms with van der Waals surface area (Å²) in [7, 11) is -4.05. The number of thiazole rings is 1. The molecule has 1 amide bonds. The van der Waals surface area contributed by atoms with Crippen LogP contribution in [0.1, 0.15) is 29.6 Å². The number of carbonyl (C=O) groups is 1. The van der Waals surface area contributed by atoms with E-state index < -0.39 is 31.6 Å². The number of nitrogens with one attached hydrogen (secondary N) is 1. The summed E-state index contributed by atoms with van der Waals surface area (Å²) >= 11 is 0.657. The van der Waals surface area contributed by atoms with Crippen molar-refractivity contribution in [1.82, 2.24) is 9.29 Å². The molecule has 2 aromatic rings. The van der Waals surface area contributed by atoms with Crippen molar-refractivity contribution in [3.05, 3.63) is 45.9 Å². The number of rotatable bonds is 5. The van der Waals surface area contributed by atoms with Crippen molar-refractivity contribution < 1.29 is 22.5 Å². The lowest BCUT2D eigenvalue weighted by Crippen LogP contribution is -2.36. The molecule has 0 saturated carbocycles. The summed E-state index contributed by atoms with van der Waals surface area (Å²) in [6, 6.07) is 3.02. The highest BCUT2D eigenvalue weighted by Crippen LogP contribution is 2.27. The Labute approximate surface area is 170 Å². The fraction of sp³-hybridized carbons (Fsp3) is 0.333. The number of anilines is 1.